The van der Waals surface area contributed by atoms with Crippen LogP contribution in [0.1, 0.15) is 49.9 Å². The lowest BCUT2D eigenvalue weighted by Gasteiger charge is -2.24. The fourth-order valence-electron chi connectivity index (χ4n) is 15.6. The summed E-state index contributed by atoms with van der Waals surface area (Å²) >= 11 is 0. The molecule has 0 bridgehead atoms. The Labute approximate surface area is 444 Å². The highest BCUT2D eigenvalue weighted by Crippen LogP contribution is 2.57. The summed E-state index contributed by atoms with van der Waals surface area (Å²) in [5, 5.41) is 16.0. The summed E-state index contributed by atoms with van der Waals surface area (Å²) in [5.41, 5.74) is 25.0. The second-order valence-electron chi connectivity index (χ2n) is 24.6. The monoisotopic (exact) mass is 1010 g/mol. The summed E-state index contributed by atoms with van der Waals surface area (Å²) in [7, 11) is -4.80. The predicted octanol–water partition coefficient (Wildman–Crippen LogP) is 17.3. The van der Waals surface area contributed by atoms with E-state index >= 15 is 0 Å². The summed E-state index contributed by atoms with van der Waals surface area (Å²) in [4.78, 5) is 0. The molecule has 0 spiro atoms. The van der Waals surface area contributed by atoms with Crippen molar-refractivity contribution in [3.05, 3.63) is 204 Å². The van der Waals surface area contributed by atoms with Gasteiger partial charge in [0, 0.05) is 43.5 Å². The van der Waals surface area contributed by atoms with Crippen LogP contribution in [0.2, 0.25) is 26.2 Å². The Morgan fingerprint density at radius 1 is 0.289 bits per heavy atom. The Bertz CT molecular complexity index is 4570. The topological polar surface area (TPSA) is 26.3 Å². The molecule has 0 atom stereocenters. The molecule has 0 saturated heterocycles. The zero-order valence-corrected chi connectivity index (χ0v) is 46.1. The van der Waals surface area contributed by atoms with E-state index in [1.165, 1.54) is 153 Å². The lowest BCUT2D eigenvalue weighted by atomic mass is 9.80. The van der Waals surface area contributed by atoms with Crippen LogP contribution in [0.4, 0.5) is 0 Å². The summed E-state index contributed by atoms with van der Waals surface area (Å²) in [6.07, 6.45) is 0. The van der Waals surface area contributed by atoms with Gasteiger partial charge < -0.3 is 8.83 Å². The number of benzene rings is 11. The zero-order valence-electron chi connectivity index (χ0n) is 44.1. The van der Waals surface area contributed by atoms with Gasteiger partial charge in [0.05, 0.1) is 0 Å². The van der Waals surface area contributed by atoms with Crippen LogP contribution >= 0.6 is 0 Å². The van der Waals surface area contributed by atoms with Gasteiger partial charge in [0.2, 0.25) is 0 Å². The molecule has 4 heterocycles. The summed E-state index contributed by atoms with van der Waals surface area (Å²) < 4.78 is 14.5. The molecule has 0 unspecified atom stereocenters. The molecular formula is C72H54O2Si2. The van der Waals surface area contributed by atoms with E-state index in [-0.39, 0.29) is 10.8 Å². The molecule has 76 heavy (non-hydrogen) atoms. The molecule has 4 heteroatoms. The standard InChI is InChI=1S/C72H54O2Si2/c1-71(2)53-29-17-13-25-43(53)63-41-23-11-9-21-39(41)47(33-55(63)71)49-35-61-65(67-45-27-15-19-31-57(45)73-69(49)67)51-37-60-52(38-59(51)75(61,5)6)66-62(76(60,7)8)36-50(70-68(66)46-28-16-20-32-58(46)74-70)48-34-56-64(42-24-12-10-22-40(42)48)44-26-14-18-30-54(44)72(56,3)4/h9-38H,1-8H3. The third-order valence-corrected chi connectivity index (χ3v) is 26.4. The molecule has 2 aromatic heterocycles. The molecule has 2 aliphatic heterocycles. The molecule has 2 aliphatic carbocycles. The molecule has 0 amide bonds. The SMILES string of the molecule is CC1(C)c2ccccc2-c2c1cc(-c1cc3c(c4c1oc1ccccc14)-c1cc4c(cc1[Si]3(C)C)-c1c(cc(-c3cc5c(c6ccccc36)-c3ccccc3C5(C)C)c3oc5ccccc5c13)[Si]4(C)C)c1ccccc21. The van der Waals surface area contributed by atoms with E-state index in [2.05, 4.69) is 236 Å². The van der Waals surface area contributed by atoms with E-state index in [1.54, 1.807) is 0 Å². The van der Waals surface area contributed by atoms with Crippen LogP contribution in [0.5, 0.6) is 0 Å². The Balaban J connectivity index is 0.926. The predicted molar refractivity (Wildman–Crippen MR) is 326 cm³/mol. The highest BCUT2D eigenvalue weighted by molar-refractivity contribution is 7.06. The van der Waals surface area contributed by atoms with Crippen LogP contribution in [-0.4, -0.2) is 16.1 Å². The number of hydrogen-bond donors (Lipinski definition) is 0. The van der Waals surface area contributed by atoms with Crippen LogP contribution in [0.25, 0.3) is 132 Å². The number of fused-ring (bicyclic) bond motifs is 24. The second kappa shape index (κ2) is 14.1. The third-order valence-electron chi connectivity index (χ3n) is 19.4. The van der Waals surface area contributed by atoms with E-state index in [4.69, 9.17) is 8.83 Å². The van der Waals surface area contributed by atoms with Gasteiger partial charge in [-0.25, -0.2) is 0 Å². The Morgan fingerprint density at radius 2 is 0.632 bits per heavy atom. The molecular weight excluding hydrogens is 953 g/mol. The normalized spacial score (nSPS) is 16.3. The van der Waals surface area contributed by atoms with Gasteiger partial charge in [0.15, 0.2) is 0 Å². The highest BCUT2D eigenvalue weighted by atomic mass is 28.3. The molecule has 13 aromatic rings. The zero-order chi connectivity index (χ0) is 51.1. The molecule has 2 nitrogen and oxygen atoms in total. The Kier molecular flexibility index (Phi) is 8.00. The van der Waals surface area contributed by atoms with Crippen LogP contribution in [0.15, 0.2) is 191 Å². The van der Waals surface area contributed by atoms with E-state index in [0.29, 0.717) is 0 Å². The van der Waals surface area contributed by atoms with Gasteiger partial charge >= 0.3 is 0 Å². The van der Waals surface area contributed by atoms with Crippen molar-refractivity contribution in [1.82, 2.24) is 0 Å². The van der Waals surface area contributed by atoms with Crippen molar-refractivity contribution < 1.29 is 8.83 Å². The fraction of sp³-hybridized carbons (Fsp3) is 0.139. The molecule has 17 rings (SSSR count). The van der Waals surface area contributed by atoms with Gasteiger partial charge in [0.1, 0.15) is 38.5 Å². The summed E-state index contributed by atoms with van der Waals surface area (Å²) in [6.45, 7) is 20.0. The molecule has 11 aromatic carbocycles. The molecule has 0 N–H and O–H groups in total. The smallest absolute Gasteiger partial charge is 0.143 e. The van der Waals surface area contributed by atoms with Crippen molar-refractivity contribution in [3.8, 4) is 66.8 Å². The lowest BCUT2D eigenvalue weighted by Crippen LogP contribution is -2.51. The van der Waals surface area contributed by atoms with Crippen LogP contribution in [0.3, 0.4) is 0 Å². The minimum atomic E-state index is -2.40. The number of furan rings is 2. The van der Waals surface area contributed by atoms with Gasteiger partial charge in [-0.15, -0.1) is 0 Å². The van der Waals surface area contributed by atoms with E-state index in [0.717, 1.165) is 22.3 Å². The van der Waals surface area contributed by atoms with Crippen molar-refractivity contribution >= 4 is 102 Å². The maximum absolute atomic E-state index is 7.25. The molecule has 4 aliphatic rings. The fourth-order valence-corrected chi connectivity index (χ4v) is 21.7. The number of rotatable bonds is 2. The quantitative estimate of drug-likeness (QED) is 0.161. The Morgan fingerprint density at radius 3 is 1.05 bits per heavy atom. The van der Waals surface area contributed by atoms with Crippen LogP contribution in [0, 0.1) is 0 Å². The second-order valence-corrected chi connectivity index (χ2v) is 33.3. The van der Waals surface area contributed by atoms with Gasteiger partial charge in [-0.2, -0.15) is 0 Å². The average molecular weight is 1010 g/mol. The van der Waals surface area contributed by atoms with E-state index < -0.39 is 16.1 Å². The molecule has 0 radical (unpaired) electrons. The lowest BCUT2D eigenvalue weighted by molar-refractivity contribution is 0.660. The first-order chi connectivity index (χ1) is 36.7. The maximum Gasteiger partial charge on any atom is 0.143 e. The summed E-state index contributed by atoms with van der Waals surface area (Å²) in [6, 6.07) is 69.5. The molecule has 362 valence electrons. The number of hydrogen-bond acceptors (Lipinski definition) is 2. The van der Waals surface area contributed by atoms with Gasteiger partial charge in [-0.3, -0.25) is 0 Å². The highest BCUT2D eigenvalue weighted by Gasteiger charge is 2.47. The van der Waals surface area contributed by atoms with Gasteiger partial charge in [-0.1, -0.05) is 212 Å². The first-order valence-corrected chi connectivity index (χ1v) is 33.2. The minimum Gasteiger partial charge on any atom is -0.455 e. The minimum absolute atomic E-state index is 0.156. The van der Waals surface area contributed by atoms with Gasteiger partial charge in [0.25, 0.3) is 0 Å². The summed E-state index contributed by atoms with van der Waals surface area (Å²) in [5.74, 6) is 0. The molecule has 0 saturated carbocycles. The third kappa shape index (κ3) is 5.09. The first kappa shape index (κ1) is 43.2. The maximum atomic E-state index is 7.25. The van der Waals surface area contributed by atoms with Crippen molar-refractivity contribution in [2.24, 2.45) is 0 Å². The van der Waals surface area contributed by atoms with Crippen LogP contribution < -0.4 is 20.7 Å². The Hall–Kier alpha value is -8.03. The van der Waals surface area contributed by atoms with Gasteiger partial charge in [-0.05, 0) is 144 Å². The van der Waals surface area contributed by atoms with Crippen molar-refractivity contribution in [3.63, 3.8) is 0 Å². The van der Waals surface area contributed by atoms with Crippen LogP contribution in [-0.2, 0) is 10.8 Å². The molecule has 0 fully saturated rings. The van der Waals surface area contributed by atoms with Crippen molar-refractivity contribution in [1.29, 1.82) is 0 Å². The first-order valence-electron chi connectivity index (χ1n) is 27.2. The van der Waals surface area contributed by atoms with E-state index in [1.807, 2.05) is 0 Å². The van der Waals surface area contributed by atoms with Crippen molar-refractivity contribution in [2.45, 2.75) is 64.7 Å². The number of para-hydroxylation sites is 2. The average Bonchev–Trinajstić information content (AvgIpc) is 4.43. The largest absolute Gasteiger partial charge is 0.455 e. The van der Waals surface area contributed by atoms with E-state index in [9.17, 15) is 0 Å². The van der Waals surface area contributed by atoms with Crippen molar-refractivity contribution in [2.75, 3.05) is 0 Å².